The molecule has 0 spiro atoms. The summed E-state index contributed by atoms with van der Waals surface area (Å²) in [5.41, 5.74) is 1.03. The molecule has 0 aliphatic rings. The van der Waals surface area contributed by atoms with Gasteiger partial charge in [0.05, 0.1) is 5.02 Å². The molecule has 0 bridgehead atoms. The molecule has 0 fully saturated rings. The first-order valence-electron chi connectivity index (χ1n) is 6.37. The minimum atomic E-state index is -0.488. The van der Waals surface area contributed by atoms with Crippen molar-refractivity contribution in [3.63, 3.8) is 0 Å². The molecule has 0 N–H and O–H groups in total. The van der Waals surface area contributed by atoms with Crippen molar-refractivity contribution in [1.29, 1.82) is 5.26 Å². The normalized spacial score (nSPS) is 10.4. The summed E-state index contributed by atoms with van der Waals surface area (Å²) in [5, 5.41) is 8.50. The highest BCUT2D eigenvalue weighted by Gasteiger charge is 2.08. The Balaban J connectivity index is 2.08. The number of ketones is 1. The number of nitriles is 1. The summed E-state index contributed by atoms with van der Waals surface area (Å²) in [6.45, 7) is -0.0171. The van der Waals surface area contributed by atoms with Gasteiger partial charge in [-0.1, -0.05) is 29.8 Å². The fourth-order valence-electron chi connectivity index (χ4n) is 1.74. The van der Waals surface area contributed by atoms with Crippen LogP contribution < -0.4 is 4.74 Å². The van der Waals surface area contributed by atoms with Crippen LogP contribution in [0.4, 0.5) is 4.39 Å². The molecule has 0 aliphatic carbocycles. The molecule has 0 aliphatic heterocycles. The highest BCUT2D eigenvalue weighted by Crippen LogP contribution is 2.19. The molecule has 0 unspecified atom stereocenters. The van der Waals surface area contributed by atoms with Gasteiger partial charge in [-0.2, -0.15) is 5.26 Å². The van der Waals surface area contributed by atoms with Crippen molar-refractivity contribution >= 4 is 23.5 Å². The summed E-state index contributed by atoms with van der Waals surface area (Å²) < 4.78 is 18.1. The third kappa shape index (κ3) is 4.18. The fraction of sp³-hybridized carbons (Fsp3) is 0.0588. The van der Waals surface area contributed by atoms with E-state index < -0.39 is 5.82 Å². The van der Waals surface area contributed by atoms with Crippen molar-refractivity contribution in [2.45, 2.75) is 0 Å². The molecule has 0 atom stereocenters. The smallest absolute Gasteiger partial charge is 0.187 e. The van der Waals surface area contributed by atoms with Crippen molar-refractivity contribution < 1.29 is 13.9 Å². The van der Waals surface area contributed by atoms with E-state index in [9.17, 15) is 9.18 Å². The van der Waals surface area contributed by atoms with Gasteiger partial charge in [-0.15, -0.1) is 0 Å². The maximum Gasteiger partial charge on any atom is 0.187 e. The monoisotopic (exact) mass is 315 g/mol. The number of benzene rings is 2. The van der Waals surface area contributed by atoms with E-state index in [0.717, 1.165) is 11.6 Å². The molecule has 0 radical (unpaired) electrons. The highest BCUT2D eigenvalue weighted by molar-refractivity contribution is 6.34. The number of ether oxygens (including phenoxy) is 1. The fourth-order valence-corrected chi connectivity index (χ4v) is 2.00. The van der Waals surface area contributed by atoms with Crippen LogP contribution >= 0.6 is 11.6 Å². The lowest BCUT2D eigenvalue weighted by atomic mass is 10.1. The second kappa shape index (κ2) is 7.39. The van der Waals surface area contributed by atoms with Gasteiger partial charge in [-0.3, -0.25) is 4.79 Å². The number of hydrogen-bond donors (Lipinski definition) is 0. The predicted octanol–water partition coefficient (Wildman–Crippen LogP) is 4.28. The van der Waals surface area contributed by atoms with Gasteiger partial charge < -0.3 is 4.74 Å². The summed E-state index contributed by atoms with van der Waals surface area (Å²) in [5.74, 6) is -0.222. The van der Waals surface area contributed by atoms with Crippen molar-refractivity contribution in [1.82, 2.24) is 0 Å². The highest BCUT2D eigenvalue weighted by atomic mass is 35.5. The number of nitrogens with zero attached hydrogens (tertiary/aromatic N) is 1. The minimum absolute atomic E-state index is 0.0171. The molecule has 2 aromatic rings. The average Bonchev–Trinajstić information content (AvgIpc) is 2.51. The molecule has 0 saturated carbocycles. The number of hydrogen-bond acceptors (Lipinski definition) is 3. The van der Waals surface area contributed by atoms with Crippen LogP contribution in [0.1, 0.15) is 15.9 Å². The number of carbonyl (C=O) groups is 1. The second-order valence-electron chi connectivity index (χ2n) is 4.34. The molecule has 2 rings (SSSR count). The van der Waals surface area contributed by atoms with E-state index in [1.165, 1.54) is 18.2 Å². The standard InChI is InChI=1S/C17H11ClFNO2/c18-16-11-13(19)4-7-15(16)17(21)8-3-12-1-5-14(6-2-12)22-10-9-20/h1-8,11H,10H2/b8-3+. The Morgan fingerprint density at radius 1 is 1.27 bits per heavy atom. The summed E-state index contributed by atoms with van der Waals surface area (Å²) >= 11 is 5.84. The average molecular weight is 316 g/mol. The lowest BCUT2D eigenvalue weighted by molar-refractivity contribution is 0.104. The van der Waals surface area contributed by atoms with E-state index in [2.05, 4.69) is 0 Å². The molecule has 3 nitrogen and oxygen atoms in total. The van der Waals surface area contributed by atoms with Gasteiger partial charge in [0.2, 0.25) is 0 Å². The molecule has 0 amide bonds. The van der Waals surface area contributed by atoms with Crippen molar-refractivity contribution in [2.75, 3.05) is 6.61 Å². The van der Waals surface area contributed by atoms with Crippen LogP contribution in [0.2, 0.25) is 5.02 Å². The largest absolute Gasteiger partial charge is 0.479 e. The van der Waals surface area contributed by atoms with Gasteiger partial charge in [0.1, 0.15) is 17.6 Å². The zero-order chi connectivity index (χ0) is 15.9. The third-order valence-corrected chi connectivity index (χ3v) is 3.12. The first kappa shape index (κ1) is 15.7. The summed E-state index contributed by atoms with van der Waals surface area (Å²) in [4.78, 5) is 12.0. The maximum absolute atomic E-state index is 12.9. The van der Waals surface area contributed by atoms with Crippen LogP contribution in [0.15, 0.2) is 48.5 Å². The lowest BCUT2D eigenvalue weighted by Gasteiger charge is -2.02. The van der Waals surface area contributed by atoms with E-state index in [-0.39, 0.29) is 23.0 Å². The lowest BCUT2D eigenvalue weighted by Crippen LogP contribution is -1.96. The van der Waals surface area contributed by atoms with Crippen molar-refractivity contribution in [3.05, 3.63) is 70.5 Å². The summed E-state index contributed by atoms with van der Waals surface area (Å²) in [6, 6.07) is 12.4. The molecule has 0 heterocycles. The van der Waals surface area contributed by atoms with Crippen molar-refractivity contribution in [2.24, 2.45) is 0 Å². The van der Waals surface area contributed by atoms with E-state index in [1.54, 1.807) is 30.3 Å². The topological polar surface area (TPSA) is 50.1 Å². The Morgan fingerprint density at radius 2 is 2.00 bits per heavy atom. The van der Waals surface area contributed by atoms with Crippen LogP contribution in [-0.2, 0) is 0 Å². The molecule has 5 heteroatoms. The van der Waals surface area contributed by atoms with Gasteiger partial charge in [0, 0.05) is 5.56 Å². The second-order valence-corrected chi connectivity index (χ2v) is 4.74. The van der Waals surface area contributed by atoms with E-state index in [4.69, 9.17) is 21.6 Å². The molecule has 110 valence electrons. The zero-order valence-corrected chi connectivity index (χ0v) is 12.2. The SMILES string of the molecule is N#CCOc1ccc(/C=C/C(=O)c2ccc(F)cc2Cl)cc1. The molecule has 2 aromatic carbocycles. The van der Waals surface area contributed by atoms with Crippen LogP contribution in [-0.4, -0.2) is 12.4 Å². The van der Waals surface area contributed by atoms with E-state index in [0.29, 0.717) is 5.75 Å². The molecule has 22 heavy (non-hydrogen) atoms. The van der Waals surface area contributed by atoms with Crippen LogP contribution in [0.25, 0.3) is 6.08 Å². The Kier molecular flexibility index (Phi) is 5.29. The van der Waals surface area contributed by atoms with Gasteiger partial charge in [0.15, 0.2) is 12.4 Å². The number of carbonyl (C=O) groups excluding carboxylic acids is 1. The molecule has 0 saturated heterocycles. The van der Waals surface area contributed by atoms with E-state index >= 15 is 0 Å². The van der Waals surface area contributed by atoms with Gasteiger partial charge in [-0.25, -0.2) is 4.39 Å². The molecular weight excluding hydrogens is 305 g/mol. The number of rotatable bonds is 5. The van der Waals surface area contributed by atoms with Crippen molar-refractivity contribution in [3.8, 4) is 11.8 Å². The van der Waals surface area contributed by atoms with Gasteiger partial charge >= 0.3 is 0 Å². The minimum Gasteiger partial charge on any atom is -0.479 e. The van der Waals surface area contributed by atoms with Crippen LogP contribution in [0, 0.1) is 17.1 Å². The Hall–Kier alpha value is -2.64. The summed E-state index contributed by atoms with van der Waals surface area (Å²) in [6.07, 6.45) is 2.99. The first-order valence-corrected chi connectivity index (χ1v) is 6.75. The number of allylic oxidation sites excluding steroid dienone is 1. The van der Waals surface area contributed by atoms with Crippen LogP contribution in [0.5, 0.6) is 5.75 Å². The summed E-state index contributed by atoms with van der Waals surface area (Å²) in [7, 11) is 0. The van der Waals surface area contributed by atoms with Crippen LogP contribution in [0.3, 0.4) is 0 Å². The molecule has 0 aromatic heterocycles. The van der Waals surface area contributed by atoms with E-state index in [1.807, 2.05) is 6.07 Å². The van der Waals surface area contributed by atoms with Gasteiger partial charge in [-0.05, 0) is 42.0 Å². The quantitative estimate of drug-likeness (QED) is 0.611. The molecular formula is C17H11ClFNO2. The maximum atomic E-state index is 12.9. The predicted molar refractivity (Wildman–Crippen MR) is 82.3 cm³/mol. The Bertz CT molecular complexity index is 748. The Labute approximate surface area is 132 Å². The Morgan fingerprint density at radius 3 is 2.64 bits per heavy atom. The third-order valence-electron chi connectivity index (χ3n) is 2.81. The van der Waals surface area contributed by atoms with Gasteiger partial charge in [0.25, 0.3) is 0 Å². The number of halogens is 2. The zero-order valence-electron chi connectivity index (χ0n) is 11.4. The first-order chi connectivity index (χ1) is 10.6.